The molecule has 21 rings (SSSR count). The first-order chi connectivity index (χ1) is 68.2. The summed E-state index contributed by atoms with van der Waals surface area (Å²) in [5.41, 5.74) is 15.4. The molecule has 6 aliphatic carbocycles. The van der Waals surface area contributed by atoms with Crippen LogP contribution in [0.3, 0.4) is 0 Å². The highest BCUT2D eigenvalue weighted by Crippen LogP contribution is 2.62. The first-order valence-electron chi connectivity index (χ1n) is 48.7. The summed E-state index contributed by atoms with van der Waals surface area (Å²) >= 11 is 30.0. The second-order valence-electron chi connectivity index (χ2n) is 41.6. The Hall–Kier alpha value is -8.50. The predicted octanol–water partition coefficient (Wildman–Crippen LogP) is 25.7. The lowest BCUT2D eigenvalue weighted by atomic mass is 9.55. The molecule has 0 spiro atoms. The van der Waals surface area contributed by atoms with E-state index >= 15 is 13.2 Å². The molecule has 10 aromatic carbocycles. The van der Waals surface area contributed by atoms with Gasteiger partial charge in [-0.3, -0.25) is 0 Å². The molecule has 15 atom stereocenters. The Labute approximate surface area is 857 Å². The van der Waals surface area contributed by atoms with E-state index in [4.69, 9.17) is 93.2 Å². The fourth-order valence-electron chi connectivity index (χ4n) is 24.6. The van der Waals surface area contributed by atoms with E-state index in [0.29, 0.717) is 133 Å². The normalized spacial score (nSPS) is 27.9. The van der Waals surface area contributed by atoms with Gasteiger partial charge in [-0.1, -0.05) is 127 Å². The standard InChI is InChI=1S/C24H27ClF2N2O3S.C22H24ClF2NO.C21H20ClF4NO5S2.2C21H21ClF2O/c25-17-3-1-15(2-4-17)11-24-10-9-23(28,14-29-33(30,31)18-5-6-18)12-16(24)13-32-22-20(27)8-7-19(26)21(22)24;1-2-21(26)9-10-22(11-14-3-5-16(23)6-4-14)15(12-21)13-27-20-18(25)8-7-17(24)19(20)22;1-20(25,26)34(30,31)27-14-8-9-21(33(28,29)15-4-2-13(22)3-5-15)12(10-14)11-32-19-17(24)7-6-16(23)18(19)21;2*1-13-8-9-21(11-14-2-4-16(22)5-3-14)15(10-13)12-25-20-18(24)7-6-17(23)19(20)21/h1-4,7-8,16,18,29H,5-6,9-14,28H2;3-8,15H,2,9-13,26H2,1H3;2-7,12,14,27H,8-11H2,1H3;2*2-7,13,15H,8-12H2,1H3/t16-,23+,24+;15-,21+,22+;12-,14-,21+;2*13-,15+,21-/m00110/s1. The third-order valence-electron chi connectivity index (χ3n) is 32.5. The van der Waals surface area contributed by atoms with E-state index in [2.05, 4.69) is 25.5 Å². The Morgan fingerprint density at radius 2 is 0.660 bits per heavy atom. The number of hydrogen-bond acceptors (Lipinski definition) is 13. The third kappa shape index (κ3) is 21.1. The molecule has 6 N–H and O–H groups in total. The lowest BCUT2D eigenvalue weighted by Gasteiger charge is -2.53. The number of sulfone groups is 1. The first-order valence-corrected chi connectivity index (χ1v) is 55.1. The molecule has 35 heteroatoms. The summed E-state index contributed by atoms with van der Waals surface area (Å²) in [4.78, 5) is -0.197. The van der Waals surface area contributed by atoms with Gasteiger partial charge < -0.3 is 35.2 Å². The summed E-state index contributed by atoms with van der Waals surface area (Å²) in [5.74, 6) is -5.55. The second kappa shape index (κ2) is 41.8. The van der Waals surface area contributed by atoms with Crippen LogP contribution in [0.25, 0.3) is 0 Å². The number of ether oxygens (including phenoxy) is 5. The topological polar surface area (TPSA) is 225 Å². The SMILES string of the molecule is CC(F)(F)S(=O)(=O)N[C@@H]1CC[C@@]2(S(=O)(=O)c3ccc(Cl)cc3)c3c(F)ccc(F)c3OC[C@H]2C1.CC[C@@]1(N)CC[C@]2(Cc3ccc(Cl)cc3)c3c(F)ccc(F)c3OC[C@@H]2C1.C[C@@H]1CC[C@]2(Cc3ccc(Cl)cc3)c3c(F)ccc(F)c3OC[C@@H]2C1.C[C@H]1CC[C@@]2(Cc3ccc(Cl)cc3)c3c(F)ccc(F)c3OC[C@H]2C1.N[C@]1(CNS(=O)(=O)C2CC2)CC[C@]2(Cc3ccc(Cl)cc3)c3c(F)ccc(F)c3OC[C@@H]2C1. The Kier molecular flexibility index (Phi) is 31.0. The monoisotopic (exact) mass is 2150 g/mol. The highest BCUT2D eigenvalue weighted by Gasteiger charge is 2.63. The van der Waals surface area contributed by atoms with Crippen LogP contribution in [0.2, 0.25) is 25.1 Å². The van der Waals surface area contributed by atoms with Crippen molar-refractivity contribution in [2.24, 2.45) is 52.9 Å². The van der Waals surface area contributed by atoms with Gasteiger partial charge in [-0.25, -0.2) is 78.6 Å². The van der Waals surface area contributed by atoms with Gasteiger partial charge in [0.25, 0.3) is 10.0 Å². The quantitative estimate of drug-likeness (QED) is 0.0587. The fraction of sp³-hybridized carbons (Fsp3) is 0.450. The Bertz CT molecular complexity index is 6660. The Balaban J connectivity index is 0.000000124. The molecule has 0 bridgehead atoms. The van der Waals surface area contributed by atoms with E-state index < -0.39 is 137 Å². The molecule has 0 amide bonds. The fourth-order valence-corrected chi connectivity index (χ4v) is 30.0. The van der Waals surface area contributed by atoms with Crippen LogP contribution >= 0.6 is 58.0 Å². The smallest absolute Gasteiger partial charge is 0.356 e. The number of hydrogen-bond donors (Lipinski definition) is 4. The van der Waals surface area contributed by atoms with Crippen LogP contribution in [-0.4, -0.2) is 92.5 Å². The molecule has 0 radical (unpaired) electrons. The minimum absolute atomic E-state index is 0.0285. The summed E-state index contributed by atoms with van der Waals surface area (Å²) in [6.45, 7) is 7.95. The summed E-state index contributed by atoms with van der Waals surface area (Å²) in [7, 11) is -12.8. The largest absolute Gasteiger partial charge is 0.490 e. The van der Waals surface area contributed by atoms with Crippen molar-refractivity contribution in [3.8, 4) is 28.7 Å². The summed E-state index contributed by atoms with van der Waals surface area (Å²) < 4.78 is 282. The first kappa shape index (κ1) is 107. The maximum absolute atomic E-state index is 15.2. The summed E-state index contributed by atoms with van der Waals surface area (Å²) in [6.07, 6.45) is 13.1. The molecular formula is C109H113Cl5F12N4O11S3. The van der Waals surface area contributed by atoms with Crippen molar-refractivity contribution in [3.63, 3.8) is 0 Å². The maximum Gasteiger partial charge on any atom is 0.356 e. The lowest BCUT2D eigenvalue weighted by Crippen LogP contribution is -2.60. The van der Waals surface area contributed by atoms with Crippen LogP contribution in [0, 0.1) is 99.6 Å². The molecule has 11 aliphatic rings. The molecule has 0 unspecified atom stereocenters. The predicted molar refractivity (Wildman–Crippen MR) is 532 cm³/mol. The van der Waals surface area contributed by atoms with Gasteiger partial charge in [0.05, 0.1) is 48.7 Å². The van der Waals surface area contributed by atoms with Crippen LogP contribution < -0.4 is 44.6 Å². The van der Waals surface area contributed by atoms with Crippen LogP contribution in [0.4, 0.5) is 52.7 Å². The molecule has 6 fully saturated rings. The number of halogens is 17. The summed E-state index contributed by atoms with van der Waals surface area (Å²) in [6, 6.07) is 45.5. The van der Waals surface area contributed by atoms with E-state index in [-0.39, 0.29) is 131 Å². The van der Waals surface area contributed by atoms with Crippen molar-refractivity contribution < 1.29 is 102 Å². The molecule has 5 heterocycles. The van der Waals surface area contributed by atoms with Gasteiger partial charge in [0.15, 0.2) is 67.7 Å². The molecule has 0 saturated heterocycles. The molecule has 6 saturated carbocycles. The zero-order chi connectivity index (χ0) is 103. The van der Waals surface area contributed by atoms with Gasteiger partial charge >= 0.3 is 5.25 Å². The second-order valence-corrected chi connectivity index (χ2v) is 50.0. The maximum atomic E-state index is 15.2. The molecule has 5 aliphatic heterocycles. The average Bonchev–Trinajstić information content (AvgIpc) is 0.871. The van der Waals surface area contributed by atoms with E-state index in [1.807, 2.05) is 89.7 Å². The Morgan fingerprint density at radius 3 is 1.00 bits per heavy atom. The van der Waals surface area contributed by atoms with Crippen molar-refractivity contribution in [1.82, 2.24) is 9.44 Å². The van der Waals surface area contributed by atoms with E-state index in [0.717, 1.165) is 123 Å². The molecular weight excluding hydrogens is 2040 g/mol. The van der Waals surface area contributed by atoms with Crippen LogP contribution in [0.1, 0.15) is 193 Å². The van der Waals surface area contributed by atoms with Gasteiger partial charge in [0.2, 0.25) is 10.0 Å². The van der Waals surface area contributed by atoms with Gasteiger partial charge in [-0.05, 0) is 309 Å². The van der Waals surface area contributed by atoms with Gasteiger partial charge in [0.1, 0.15) is 33.8 Å². The van der Waals surface area contributed by atoms with Gasteiger partial charge in [-0.15, -0.1) is 0 Å². The minimum atomic E-state index is -5.05. The number of alkyl halides is 2. The van der Waals surface area contributed by atoms with Gasteiger partial charge in [-0.2, -0.15) is 8.78 Å². The lowest BCUT2D eigenvalue weighted by molar-refractivity contribution is 0.0422. The van der Waals surface area contributed by atoms with Gasteiger partial charge in [0, 0.05) is 129 Å². The van der Waals surface area contributed by atoms with Crippen molar-refractivity contribution >= 4 is 87.9 Å². The number of nitrogens with one attached hydrogen (secondary N) is 2. The van der Waals surface area contributed by atoms with Crippen molar-refractivity contribution in [2.45, 2.75) is 228 Å². The van der Waals surface area contributed by atoms with E-state index in [1.54, 1.807) is 12.1 Å². The zero-order valence-corrected chi connectivity index (χ0v) is 85.8. The summed E-state index contributed by atoms with van der Waals surface area (Å²) in [5, 5.41) is -1.51. The number of sulfonamides is 2. The van der Waals surface area contributed by atoms with Crippen LogP contribution in [0.5, 0.6) is 28.7 Å². The molecule has 15 nitrogen and oxygen atoms in total. The molecule has 0 aromatic heterocycles. The highest BCUT2D eigenvalue weighted by molar-refractivity contribution is 7.92. The minimum Gasteiger partial charge on any atom is -0.490 e. The van der Waals surface area contributed by atoms with E-state index in [1.165, 1.54) is 42.5 Å². The zero-order valence-electron chi connectivity index (χ0n) is 79.6. The highest BCUT2D eigenvalue weighted by atomic mass is 35.5. The number of rotatable bonds is 18. The van der Waals surface area contributed by atoms with Crippen LogP contribution in [0.15, 0.2) is 187 Å². The number of fused-ring (bicyclic) bond motifs is 15. The van der Waals surface area contributed by atoms with Crippen molar-refractivity contribution in [3.05, 3.63) is 315 Å². The Morgan fingerprint density at radius 1 is 0.361 bits per heavy atom. The third-order valence-corrected chi connectivity index (χ3v) is 39.8. The van der Waals surface area contributed by atoms with Crippen molar-refractivity contribution in [1.29, 1.82) is 0 Å². The number of nitrogens with two attached hydrogens (primary N) is 2. The van der Waals surface area contributed by atoms with E-state index in [9.17, 15) is 64.8 Å². The number of benzene rings is 10. The molecule has 772 valence electrons. The molecule has 10 aromatic rings. The van der Waals surface area contributed by atoms with Crippen molar-refractivity contribution in [2.75, 3.05) is 39.6 Å². The van der Waals surface area contributed by atoms with Crippen LogP contribution in [-0.2, 0) is 82.0 Å². The average molecular weight is 2160 g/mol. The molecule has 144 heavy (non-hydrogen) atoms.